The van der Waals surface area contributed by atoms with E-state index in [0.29, 0.717) is 25.3 Å². The first-order valence-electron chi connectivity index (χ1n) is 7.16. The van der Waals surface area contributed by atoms with E-state index >= 15 is 0 Å². The van der Waals surface area contributed by atoms with Crippen LogP contribution < -0.4 is 11.1 Å². The van der Waals surface area contributed by atoms with Crippen molar-refractivity contribution in [1.82, 2.24) is 10.2 Å². The van der Waals surface area contributed by atoms with E-state index in [1.54, 1.807) is 0 Å². The highest BCUT2D eigenvalue weighted by atomic mass is 16.2. The van der Waals surface area contributed by atoms with Gasteiger partial charge in [-0.05, 0) is 24.7 Å². The summed E-state index contributed by atoms with van der Waals surface area (Å²) in [5.74, 6) is 1.19. The molecule has 0 radical (unpaired) electrons. The Hall–Kier alpha value is -1.87. The van der Waals surface area contributed by atoms with Crippen LogP contribution in [-0.2, 0) is 14.4 Å². The van der Waals surface area contributed by atoms with Gasteiger partial charge in [-0.15, -0.1) is 6.42 Å². The third-order valence-corrected chi connectivity index (χ3v) is 3.53. The van der Waals surface area contributed by atoms with Crippen molar-refractivity contribution in [2.75, 3.05) is 19.6 Å². The number of likely N-dealkylation sites (tertiary alicyclic amines) is 1. The number of carbonyl (C=O) groups is 3. The third-order valence-electron chi connectivity index (χ3n) is 3.53. The molecule has 0 spiro atoms. The second-order valence-electron chi connectivity index (χ2n) is 5.80. The summed E-state index contributed by atoms with van der Waals surface area (Å²) >= 11 is 0. The number of rotatable bonds is 7. The fourth-order valence-corrected chi connectivity index (χ4v) is 2.36. The van der Waals surface area contributed by atoms with Gasteiger partial charge < -0.3 is 16.0 Å². The number of nitrogens with one attached hydrogen (secondary N) is 1. The van der Waals surface area contributed by atoms with E-state index in [1.807, 2.05) is 19.8 Å². The summed E-state index contributed by atoms with van der Waals surface area (Å²) in [6, 6.07) is -0.530. The number of Topliss-reactive ketones (excluding diaryl/α,β-unsaturated/α-hetero) is 1. The van der Waals surface area contributed by atoms with E-state index in [-0.39, 0.29) is 30.7 Å². The molecule has 1 saturated heterocycles. The number of hydrogen-bond donors (Lipinski definition) is 2. The summed E-state index contributed by atoms with van der Waals surface area (Å²) in [5, 5.41) is 2.50. The monoisotopic (exact) mass is 293 g/mol. The van der Waals surface area contributed by atoms with Crippen LogP contribution >= 0.6 is 0 Å². The lowest BCUT2D eigenvalue weighted by Gasteiger charge is -2.19. The van der Waals surface area contributed by atoms with E-state index in [0.717, 1.165) is 0 Å². The first-order chi connectivity index (χ1) is 9.85. The molecule has 6 heteroatoms. The van der Waals surface area contributed by atoms with Crippen molar-refractivity contribution in [3.63, 3.8) is 0 Å². The molecule has 1 rings (SSSR count). The standard InChI is InChI=1S/C15H23N3O3/c1-4-14(20)17-8-11-5-6-18(15(11)21)9-13(19)12(16)7-10(2)3/h1,10-12H,5-9,16H2,2-3H3,(H,17,20)/t11-,12-/m0/s1. The Morgan fingerprint density at radius 1 is 1.52 bits per heavy atom. The number of nitrogens with zero attached hydrogens (tertiary/aromatic N) is 1. The molecule has 6 nitrogen and oxygen atoms in total. The Morgan fingerprint density at radius 3 is 2.76 bits per heavy atom. The molecule has 0 unspecified atom stereocenters. The Morgan fingerprint density at radius 2 is 2.19 bits per heavy atom. The van der Waals surface area contributed by atoms with Gasteiger partial charge in [0.15, 0.2) is 5.78 Å². The number of terminal acetylenes is 1. The fraction of sp³-hybridized carbons (Fsp3) is 0.667. The van der Waals surface area contributed by atoms with Gasteiger partial charge in [0, 0.05) is 13.1 Å². The molecule has 1 aliphatic heterocycles. The number of ketones is 1. The lowest BCUT2D eigenvalue weighted by Crippen LogP contribution is -2.42. The lowest BCUT2D eigenvalue weighted by atomic mass is 10.0. The van der Waals surface area contributed by atoms with Crippen LogP contribution in [0.15, 0.2) is 0 Å². The molecular weight excluding hydrogens is 270 g/mol. The first-order valence-corrected chi connectivity index (χ1v) is 7.16. The zero-order valence-electron chi connectivity index (χ0n) is 12.6. The summed E-state index contributed by atoms with van der Waals surface area (Å²) in [4.78, 5) is 36.6. The minimum absolute atomic E-state index is 0.0479. The molecule has 3 N–H and O–H groups in total. The Kier molecular flexibility index (Phi) is 6.38. The van der Waals surface area contributed by atoms with Gasteiger partial charge in [0.2, 0.25) is 5.91 Å². The van der Waals surface area contributed by atoms with Gasteiger partial charge in [-0.25, -0.2) is 0 Å². The smallest absolute Gasteiger partial charge is 0.295 e. The quantitative estimate of drug-likeness (QED) is 0.621. The summed E-state index contributed by atoms with van der Waals surface area (Å²) in [6.07, 6.45) is 6.16. The maximum Gasteiger partial charge on any atom is 0.295 e. The van der Waals surface area contributed by atoms with Gasteiger partial charge in [0.25, 0.3) is 5.91 Å². The predicted molar refractivity (Wildman–Crippen MR) is 79.0 cm³/mol. The SMILES string of the molecule is C#CC(=O)NC[C@@H]1CCN(CC(=O)[C@@H](N)CC(C)C)C1=O. The van der Waals surface area contributed by atoms with Crippen molar-refractivity contribution in [3.05, 3.63) is 0 Å². The van der Waals surface area contributed by atoms with E-state index < -0.39 is 11.9 Å². The molecule has 0 aromatic heterocycles. The fourth-order valence-electron chi connectivity index (χ4n) is 2.36. The normalized spacial score (nSPS) is 19.5. The Balaban J connectivity index is 2.45. The summed E-state index contributed by atoms with van der Waals surface area (Å²) in [5.41, 5.74) is 5.83. The first kappa shape index (κ1) is 17.2. The minimum atomic E-state index is -0.531. The molecule has 116 valence electrons. The highest BCUT2D eigenvalue weighted by Crippen LogP contribution is 2.17. The van der Waals surface area contributed by atoms with Crippen molar-refractivity contribution in [1.29, 1.82) is 0 Å². The molecule has 2 amide bonds. The van der Waals surface area contributed by atoms with E-state index in [2.05, 4.69) is 5.32 Å². The van der Waals surface area contributed by atoms with Crippen LogP contribution in [0.25, 0.3) is 0 Å². The van der Waals surface area contributed by atoms with Gasteiger partial charge >= 0.3 is 0 Å². The van der Waals surface area contributed by atoms with Gasteiger partial charge in [0.05, 0.1) is 18.5 Å². The van der Waals surface area contributed by atoms with Gasteiger partial charge in [-0.1, -0.05) is 13.8 Å². The largest absolute Gasteiger partial charge is 0.344 e. The summed E-state index contributed by atoms with van der Waals surface area (Å²) < 4.78 is 0. The average molecular weight is 293 g/mol. The van der Waals surface area contributed by atoms with Crippen LogP contribution in [0.4, 0.5) is 0 Å². The van der Waals surface area contributed by atoms with Crippen molar-refractivity contribution in [2.45, 2.75) is 32.7 Å². The van der Waals surface area contributed by atoms with Crippen molar-refractivity contribution >= 4 is 17.6 Å². The van der Waals surface area contributed by atoms with Gasteiger partial charge in [0.1, 0.15) is 0 Å². The molecule has 1 heterocycles. The Labute approximate surface area is 125 Å². The van der Waals surface area contributed by atoms with Crippen LogP contribution in [0.5, 0.6) is 0 Å². The molecule has 0 saturated carbocycles. The van der Waals surface area contributed by atoms with E-state index in [4.69, 9.17) is 12.2 Å². The van der Waals surface area contributed by atoms with Crippen LogP contribution in [0.2, 0.25) is 0 Å². The number of nitrogens with two attached hydrogens (primary N) is 1. The van der Waals surface area contributed by atoms with Crippen LogP contribution in [0, 0.1) is 24.2 Å². The topological polar surface area (TPSA) is 92.5 Å². The zero-order valence-corrected chi connectivity index (χ0v) is 12.6. The molecule has 0 aromatic rings. The molecular formula is C15H23N3O3. The van der Waals surface area contributed by atoms with Gasteiger partial charge in [-0.3, -0.25) is 14.4 Å². The van der Waals surface area contributed by atoms with E-state index in [9.17, 15) is 14.4 Å². The summed E-state index contributed by atoms with van der Waals surface area (Å²) in [7, 11) is 0. The molecule has 2 atom stereocenters. The maximum atomic E-state index is 12.1. The van der Waals surface area contributed by atoms with E-state index in [1.165, 1.54) is 4.90 Å². The second kappa shape index (κ2) is 7.79. The number of amides is 2. The molecule has 21 heavy (non-hydrogen) atoms. The lowest BCUT2D eigenvalue weighted by molar-refractivity contribution is -0.135. The predicted octanol–water partition coefficient (Wildman–Crippen LogP) is -0.473. The van der Waals surface area contributed by atoms with Crippen molar-refractivity contribution < 1.29 is 14.4 Å². The molecule has 1 aliphatic rings. The second-order valence-corrected chi connectivity index (χ2v) is 5.80. The Bertz CT molecular complexity index is 454. The molecule has 0 aromatic carbocycles. The van der Waals surface area contributed by atoms with Crippen LogP contribution in [0.1, 0.15) is 26.7 Å². The molecule has 0 aliphatic carbocycles. The third kappa shape index (κ3) is 5.20. The maximum absolute atomic E-state index is 12.1. The molecule has 0 bridgehead atoms. The van der Waals surface area contributed by atoms with Gasteiger partial charge in [-0.2, -0.15) is 0 Å². The minimum Gasteiger partial charge on any atom is -0.344 e. The number of carbonyl (C=O) groups excluding carboxylic acids is 3. The molecule has 1 fully saturated rings. The van der Waals surface area contributed by atoms with Crippen LogP contribution in [0.3, 0.4) is 0 Å². The number of hydrogen-bond acceptors (Lipinski definition) is 4. The van der Waals surface area contributed by atoms with Crippen LogP contribution in [-0.4, -0.2) is 48.2 Å². The van der Waals surface area contributed by atoms with Crippen molar-refractivity contribution in [2.24, 2.45) is 17.6 Å². The average Bonchev–Trinajstić information content (AvgIpc) is 2.76. The zero-order chi connectivity index (χ0) is 16.0. The van der Waals surface area contributed by atoms with Crippen molar-refractivity contribution in [3.8, 4) is 12.3 Å². The highest BCUT2D eigenvalue weighted by molar-refractivity contribution is 5.94. The summed E-state index contributed by atoms with van der Waals surface area (Å²) in [6.45, 7) is 4.77. The highest BCUT2D eigenvalue weighted by Gasteiger charge is 2.33.